The predicted molar refractivity (Wildman–Crippen MR) is 132 cm³/mol. The summed E-state index contributed by atoms with van der Waals surface area (Å²) in [5.74, 6) is 1.01. The number of alkyl halides is 3. The first kappa shape index (κ1) is 25.4. The molecule has 0 atom stereocenters. The van der Waals surface area contributed by atoms with E-state index in [0.717, 1.165) is 43.1 Å². The molecule has 1 saturated heterocycles. The summed E-state index contributed by atoms with van der Waals surface area (Å²) in [7, 11) is -3.39. The van der Waals surface area contributed by atoms with Crippen molar-refractivity contribution in [1.29, 1.82) is 0 Å². The maximum atomic E-state index is 13.3. The summed E-state index contributed by atoms with van der Waals surface area (Å²) < 4.78 is 65.0. The number of nitrogens with zero attached hydrogens (tertiary/aromatic N) is 3. The van der Waals surface area contributed by atoms with E-state index in [9.17, 15) is 21.6 Å². The van der Waals surface area contributed by atoms with E-state index in [1.165, 1.54) is 23.9 Å². The summed E-state index contributed by atoms with van der Waals surface area (Å²) in [4.78, 5) is 12.0. The summed E-state index contributed by atoms with van der Waals surface area (Å²) in [6.07, 6.45) is -1.47. The number of rotatable bonds is 7. The first-order chi connectivity index (χ1) is 16.5. The Balaban J connectivity index is 1.62. The monoisotopic (exact) mass is 543 g/mol. The highest BCUT2D eigenvalue weighted by Gasteiger charge is 2.33. The molecule has 1 fully saturated rings. The molecule has 0 radical (unpaired) electrons. The fourth-order valence-corrected chi connectivity index (χ4v) is 5.06. The van der Waals surface area contributed by atoms with Crippen molar-refractivity contribution in [2.75, 3.05) is 34.3 Å². The van der Waals surface area contributed by atoms with Gasteiger partial charge in [0.1, 0.15) is 11.6 Å². The number of hydrogen-bond acceptors (Lipinski definition) is 7. The van der Waals surface area contributed by atoms with Crippen LogP contribution in [0.3, 0.4) is 0 Å². The lowest BCUT2D eigenvalue weighted by atomic mass is 10.2. The van der Waals surface area contributed by atoms with Gasteiger partial charge in [0.25, 0.3) is 0 Å². The van der Waals surface area contributed by atoms with Crippen LogP contribution < -0.4 is 14.9 Å². The van der Waals surface area contributed by atoms with Crippen molar-refractivity contribution in [2.24, 2.45) is 0 Å². The van der Waals surface area contributed by atoms with Crippen molar-refractivity contribution in [3.8, 4) is 0 Å². The highest BCUT2D eigenvalue weighted by Crippen LogP contribution is 2.37. The summed E-state index contributed by atoms with van der Waals surface area (Å²) in [6.45, 7) is 1.65. The fraction of sp³-hybridized carbons (Fsp3) is 0.273. The van der Waals surface area contributed by atoms with Crippen LogP contribution in [0.1, 0.15) is 18.4 Å². The topological polar surface area (TPSA) is 87.2 Å². The molecule has 0 spiro atoms. The molecule has 186 valence electrons. The van der Waals surface area contributed by atoms with Gasteiger partial charge in [-0.25, -0.2) is 18.4 Å². The molecule has 0 bridgehead atoms. The van der Waals surface area contributed by atoms with Gasteiger partial charge in [0.2, 0.25) is 10.0 Å². The Labute approximate surface area is 210 Å². The van der Waals surface area contributed by atoms with Crippen LogP contribution in [0, 0.1) is 0 Å². The fourth-order valence-electron chi connectivity index (χ4n) is 3.51. The van der Waals surface area contributed by atoms with E-state index in [4.69, 9.17) is 11.6 Å². The molecule has 1 aliphatic rings. The molecule has 2 aromatic carbocycles. The minimum atomic E-state index is -4.58. The molecule has 0 saturated carbocycles. The van der Waals surface area contributed by atoms with Gasteiger partial charge in [-0.15, -0.1) is 0 Å². The molecule has 0 amide bonds. The van der Waals surface area contributed by atoms with Gasteiger partial charge in [0.15, 0.2) is 5.16 Å². The van der Waals surface area contributed by atoms with Crippen LogP contribution in [0.4, 0.5) is 36.2 Å². The maximum Gasteiger partial charge on any atom is 0.417 e. The van der Waals surface area contributed by atoms with E-state index in [0.29, 0.717) is 22.5 Å². The molecule has 4 rings (SSSR count). The van der Waals surface area contributed by atoms with Crippen LogP contribution in [0.25, 0.3) is 0 Å². The molecule has 7 nitrogen and oxygen atoms in total. The second kappa shape index (κ2) is 10.1. The van der Waals surface area contributed by atoms with Crippen LogP contribution in [-0.4, -0.2) is 37.7 Å². The quantitative estimate of drug-likeness (QED) is 0.353. The molecule has 1 aromatic heterocycles. The zero-order chi connectivity index (χ0) is 25.2. The Kier molecular flexibility index (Phi) is 7.34. The minimum absolute atomic E-state index is 0.194. The third-order valence-corrected chi connectivity index (χ3v) is 6.84. The van der Waals surface area contributed by atoms with E-state index >= 15 is 0 Å². The Morgan fingerprint density at radius 1 is 1.00 bits per heavy atom. The van der Waals surface area contributed by atoms with Crippen LogP contribution in [0.2, 0.25) is 5.02 Å². The largest absolute Gasteiger partial charge is 0.417 e. The van der Waals surface area contributed by atoms with Crippen molar-refractivity contribution in [3.63, 3.8) is 0 Å². The Bertz CT molecular complexity index is 1320. The predicted octanol–water partition coefficient (Wildman–Crippen LogP) is 6.02. The van der Waals surface area contributed by atoms with Crippen molar-refractivity contribution in [1.82, 2.24) is 9.97 Å². The van der Waals surface area contributed by atoms with Gasteiger partial charge in [-0.3, -0.25) is 4.72 Å². The smallest absolute Gasteiger partial charge is 0.356 e. The molecule has 2 N–H and O–H groups in total. The first-order valence-corrected chi connectivity index (χ1v) is 13.6. The van der Waals surface area contributed by atoms with Crippen LogP contribution in [0.15, 0.2) is 58.6 Å². The number of nitrogens with one attached hydrogen (secondary N) is 2. The van der Waals surface area contributed by atoms with Gasteiger partial charge in [-0.1, -0.05) is 11.6 Å². The molecule has 0 unspecified atom stereocenters. The SMILES string of the molecule is CS(=O)(=O)Nc1ccc(Sc2nc(Nc3ccc(Cl)c(C(F)(F)F)c3)cc(N3CCCC3)n2)cc1. The zero-order valence-electron chi connectivity index (χ0n) is 18.4. The Hall–Kier alpha value is -2.70. The number of aromatic nitrogens is 2. The number of anilines is 4. The summed E-state index contributed by atoms with van der Waals surface area (Å²) >= 11 is 6.99. The minimum Gasteiger partial charge on any atom is -0.356 e. The normalized spacial score (nSPS) is 14.3. The van der Waals surface area contributed by atoms with Crippen molar-refractivity contribution in [2.45, 2.75) is 29.1 Å². The highest BCUT2D eigenvalue weighted by molar-refractivity contribution is 7.99. The van der Waals surface area contributed by atoms with Gasteiger partial charge in [-0.05, 0) is 67.1 Å². The lowest BCUT2D eigenvalue weighted by molar-refractivity contribution is -0.137. The van der Waals surface area contributed by atoms with E-state index < -0.39 is 21.8 Å². The molecule has 2 heterocycles. The third-order valence-electron chi connectivity index (χ3n) is 5.03. The lowest BCUT2D eigenvalue weighted by Crippen LogP contribution is -2.19. The standard InChI is InChI=1S/C22H21ClF3N5O2S2/c1-35(32,33)30-14-4-7-16(8-5-14)34-21-28-19(13-20(29-21)31-10-2-3-11-31)27-15-6-9-18(23)17(12-15)22(24,25)26/h4-9,12-13,30H,2-3,10-11H2,1H3,(H,27,28,29). The maximum absolute atomic E-state index is 13.3. The Morgan fingerprint density at radius 3 is 2.29 bits per heavy atom. The molecule has 3 aromatic rings. The van der Waals surface area contributed by atoms with E-state index in [2.05, 4.69) is 24.9 Å². The number of halogens is 4. The van der Waals surface area contributed by atoms with Gasteiger partial charge >= 0.3 is 6.18 Å². The van der Waals surface area contributed by atoms with E-state index in [1.807, 2.05) is 0 Å². The zero-order valence-corrected chi connectivity index (χ0v) is 20.8. The van der Waals surface area contributed by atoms with Crippen molar-refractivity contribution in [3.05, 3.63) is 59.1 Å². The van der Waals surface area contributed by atoms with Crippen LogP contribution >= 0.6 is 23.4 Å². The molecule has 35 heavy (non-hydrogen) atoms. The van der Waals surface area contributed by atoms with E-state index in [-0.39, 0.29) is 10.7 Å². The molecule has 13 heteroatoms. The summed E-state index contributed by atoms with van der Waals surface area (Å²) in [6, 6.07) is 12.0. The number of benzene rings is 2. The molecular weight excluding hydrogens is 523 g/mol. The van der Waals surface area contributed by atoms with Gasteiger partial charge in [-0.2, -0.15) is 13.2 Å². The van der Waals surface area contributed by atoms with E-state index in [1.54, 1.807) is 30.3 Å². The second-order valence-electron chi connectivity index (χ2n) is 7.91. The average Bonchev–Trinajstić information content (AvgIpc) is 3.30. The average molecular weight is 544 g/mol. The van der Waals surface area contributed by atoms with Crippen LogP contribution in [-0.2, 0) is 16.2 Å². The number of sulfonamides is 1. The molecule has 0 aliphatic carbocycles. The lowest BCUT2D eigenvalue weighted by Gasteiger charge is -2.19. The second-order valence-corrected chi connectivity index (χ2v) is 11.1. The highest BCUT2D eigenvalue weighted by atomic mass is 35.5. The van der Waals surface area contributed by atoms with Crippen molar-refractivity contribution < 1.29 is 21.6 Å². The third kappa shape index (κ3) is 6.92. The summed E-state index contributed by atoms with van der Waals surface area (Å²) in [5, 5.41) is 2.96. The van der Waals surface area contributed by atoms with Crippen molar-refractivity contribution >= 4 is 56.4 Å². The first-order valence-electron chi connectivity index (χ1n) is 10.5. The summed E-state index contributed by atoms with van der Waals surface area (Å²) in [5.41, 5.74) is -0.315. The number of hydrogen-bond donors (Lipinski definition) is 2. The van der Waals surface area contributed by atoms with Gasteiger partial charge < -0.3 is 10.2 Å². The molecular formula is C22H21ClF3N5O2S2. The van der Waals surface area contributed by atoms with Gasteiger partial charge in [0, 0.05) is 35.4 Å². The molecule has 1 aliphatic heterocycles. The van der Waals surface area contributed by atoms with Gasteiger partial charge in [0.05, 0.1) is 16.8 Å². The van der Waals surface area contributed by atoms with Crippen LogP contribution in [0.5, 0.6) is 0 Å². The Morgan fingerprint density at radius 2 is 1.66 bits per heavy atom.